The second kappa shape index (κ2) is 4.31. The van der Waals surface area contributed by atoms with E-state index in [4.69, 9.17) is 0 Å². The van der Waals surface area contributed by atoms with E-state index in [1.807, 2.05) is 0 Å². The van der Waals surface area contributed by atoms with Crippen LogP contribution in [0.15, 0.2) is 36.0 Å². The Kier molecular flexibility index (Phi) is 2.77. The molecule has 0 amide bonds. The van der Waals surface area contributed by atoms with Crippen LogP contribution in [0.4, 0.5) is 0 Å². The van der Waals surface area contributed by atoms with Crippen LogP contribution in [-0.4, -0.2) is 11.6 Å². The summed E-state index contributed by atoms with van der Waals surface area (Å²) in [5, 5.41) is 0. The first-order valence-corrected chi connectivity index (χ1v) is 8.53. The fourth-order valence-electron chi connectivity index (χ4n) is 5.98. The van der Waals surface area contributed by atoms with Gasteiger partial charge in [0.1, 0.15) is 5.78 Å². The fourth-order valence-corrected chi connectivity index (χ4v) is 5.98. The summed E-state index contributed by atoms with van der Waals surface area (Å²) in [6.45, 7) is 8.75. The molecule has 2 nitrogen and oxygen atoms in total. The molecule has 0 heterocycles. The van der Waals surface area contributed by atoms with Gasteiger partial charge < -0.3 is 0 Å². The van der Waals surface area contributed by atoms with Crippen LogP contribution in [0.5, 0.6) is 0 Å². The van der Waals surface area contributed by atoms with E-state index in [2.05, 4.69) is 26.5 Å². The van der Waals surface area contributed by atoms with Crippen LogP contribution in [-0.2, 0) is 9.59 Å². The van der Waals surface area contributed by atoms with Crippen molar-refractivity contribution in [3.05, 3.63) is 36.0 Å². The number of hydrogen-bond donors (Lipinski definition) is 0. The van der Waals surface area contributed by atoms with Crippen molar-refractivity contribution in [2.75, 3.05) is 0 Å². The van der Waals surface area contributed by atoms with Gasteiger partial charge in [0.05, 0.1) is 0 Å². The molecule has 0 aromatic rings. The first kappa shape index (κ1) is 14.2. The number of allylic oxidation sites excluding steroid dienone is 5. The first-order valence-electron chi connectivity index (χ1n) is 8.53. The molecule has 0 aromatic carbocycles. The highest BCUT2D eigenvalue weighted by molar-refractivity contribution is 6.02. The first-order chi connectivity index (χ1) is 10.4. The maximum atomic E-state index is 12.4. The zero-order chi connectivity index (χ0) is 15.7. The minimum absolute atomic E-state index is 0.0686. The summed E-state index contributed by atoms with van der Waals surface area (Å²) in [5.74, 6) is 2.14. The summed E-state index contributed by atoms with van der Waals surface area (Å²) in [6.07, 6.45) is 10.5. The van der Waals surface area contributed by atoms with Gasteiger partial charge in [0.15, 0.2) is 5.78 Å². The minimum Gasteiger partial charge on any atom is -0.299 e. The molecular formula is C20H24O2. The number of carbonyl (C=O) groups is 2. The summed E-state index contributed by atoms with van der Waals surface area (Å²) in [4.78, 5) is 24.2. The molecule has 4 aliphatic carbocycles. The molecule has 4 unspecified atom stereocenters. The molecule has 0 radical (unpaired) electrons. The predicted octanol–water partition coefficient (Wildman–Crippen LogP) is 4.03. The largest absolute Gasteiger partial charge is 0.299 e. The monoisotopic (exact) mass is 296 g/mol. The van der Waals surface area contributed by atoms with Crippen LogP contribution in [0.25, 0.3) is 0 Å². The SMILES string of the molecule is C=C1C[C@@H]2C(CCC3(C)C(=O)CCC23)C2(C)C=CC(=O)C=C12. The van der Waals surface area contributed by atoms with E-state index in [0.717, 1.165) is 43.3 Å². The van der Waals surface area contributed by atoms with E-state index in [-0.39, 0.29) is 16.6 Å². The highest BCUT2D eigenvalue weighted by atomic mass is 16.1. The Morgan fingerprint density at radius 3 is 2.73 bits per heavy atom. The summed E-state index contributed by atoms with van der Waals surface area (Å²) in [6, 6.07) is 0. The van der Waals surface area contributed by atoms with Crippen LogP contribution >= 0.6 is 0 Å². The third-order valence-corrected chi connectivity index (χ3v) is 7.24. The summed E-state index contributed by atoms with van der Waals surface area (Å²) >= 11 is 0. The lowest BCUT2D eigenvalue weighted by molar-refractivity contribution is -0.131. The van der Waals surface area contributed by atoms with Crippen molar-refractivity contribution in [2.45, 2.75) is 46.0 Å². The Bertz CT molecular complexity index is 653. The predicted molar refractivity (Wildman–Crippen MR) is 86.1 cm³/mol. The number of Topliss-reactive ketones (excluding diaryl/α,β-unsaturated/α-hetero) is 1. The number of rotatable bonds is 0. The number of carbonyl (C=O) groups excluding carboxylic acids is 2. The Hall–Kier alpha value is -1.44. The van der Waals surface area contributed by atoms with Gasteiger partial charge in [-0.25, -0.2) is 0 Å². The average molecular weight is 296 g/mol. The fraction of sp³-hybridized carbons (Fsp3) is 0.600. The van der Waals surface area contributed by atoms with Crippen molar-refractivity contribution < 1.29 is 9.59 Å². The molecule has 22 heavy (non-hydrogen) atoms. The van der Waals surface area contributed by atoms with Gasteiger partial charge in [0.2, 0.25) is 0 Å². The van der Waals surface area contributed by atoms with Crippen LogP contribution in [0.1, 0.15) is 46.0 Å². The van der Waals surface area contributed by atoms with E-state index >= 15 is 0 Å². The Morgan fingerprint density at radius 1 is 1.18 bits per heavy atom. The summed E-state index contributed by atoms with van der Waals surface area (Å²) in [5.41, 5.74) is 2.09. The topological polar surface area (TPSA) is 34.1 Å². The van der Waals surface area contributed by atoms with Crippen LogP contribution in [0.2, 0.25) is 0 Å². The van der Waals surface area contributed by atoms with Crippen molar-refractivity contribution in [3.63, 3.8) is 0 Å². The maximum absolute atomic E-state index is 12.4. The van der Waals surface area contributed by atoms with Gasteiger partial charge in [-0.15, -0.1) is 0 Å². The standard InChI is InChI=1S/C20H24O2/c1-12-10-14-15-4-5-18(22)20(15,3)9-7-16(14)19(2)8-6-13(21)11-17(12)19/h6,8,11,14-16H,1,4-5,7,9-10H2,2-3H3/t14-,15?,16?,19?,20?/m0/s1. The summed E-state index contributed by atoms with van der Waals surface area (Å²) in [7, 11) is 0. The van der Waals surface area contributed by atoms with E-state index in [1.54, 1.807) is 12.2 Å². The van der Waals surface area contributed by atoms with E-state index < -0.39 is 0 Å². The molecule has 2 heteroatoms. The molecule has 5 atom stereocenters. The number of ketones is 2. The Balaban J connectivity index is 1.78. The van der Waals surface area contributed by atoms with Crippen molar-refractivity contribution >= 4 is 11.6 Å². The smallest absolute Gasteiger partial charge is 0.178 e. The minimum atomic E-state index is -0.104. The zero-order valence-electron chi connectivity index (χ0n) is 13.5. The molecule has 4 rings (SSSR count). The van der Waals surface area contributed by atoms with Gasteiger partial charge in [0, 0.05) is 17.3 Å². The quantitative estimate of drug-likeness (QED) is 0.676. The molecule has 0 saturated heterocycles. The van der Waals surface area contributed by atoms with Crippen molar-refractivity contribution in [1.82, 2.24) is 0 Å². The van der Waals surface area contributed by atoms with Crippen molar-refractivity contribution in [1.29, 1.82) is 0 Å². The second-order valence-corrected chi connectivity index (χ2v) is 8.18. The number of fused-ring (bicyclic) bond motifs is 5. The van der Waals surface area contributed by atoms with Gasteiger partial charge in [-0.1, -0.05) is 32.1 Å². The lowest BCUT2D eigenvalue weighted by atomic mass is 9.48. The summed E-state index contributed by atoms with van der Waals surface area (Å²) < 4.78 is 0. The van der Waals surface area contributed by atoms with Crippen LogP contribution < -0.4 is 0 Å². The molecule has 0 aromatic heterocycles. The molecular weight excluding hydrogens is 272 g/mol. The lowest BCUT2D eigenvalue weighted by Gasteiger charge is -2.56. The second-order valence-electron chi connectivity index (χ2n) is 8.18. The third kappa shape index (κ3) is 1.61. The van der Waals surface area contributed by atoms with Crippen LogP contribution in [0, 0.1) is 28.6 Å². The third-order valence-electron chi connectivity index (χ3n) is 7.24. The molecule has 0 bridgehead atoms. The molecule has 116 valence electrons. The molecule has 0 N–H and O–H groups in total. The molecule has 4 aliphatic rings. The highest BCUT2D eigenvalue weighted by Crippen LogP contribution is 2.64. The zero-order valence-corrected chi connectivity index (χ0v) is 13.5. The van der Waals surface area contributed by atoms with E-state index in [1.165, 1.54) is 0 Å². The van der Waals surface area contributed by atoms with Gasteiger partial charge in [0.25, 0.3) is 0 Å². The van der Waals surface area contributed by atoms with Gasteiger partial charge in [-0.05, 0) is 61.2 Å². The average Bonchev–Trinajstić information content (AvgIpc) is 2.77. The van der Waals surface area contributed by atoms with Crippen molar-refractivity contribution in [2.24, 2.45) is 28.6 Å². The van der Waals surface area contributed by atoms with Gasteiger partial charge in [-0.2, -0.15) is 0 Å². The Morgan fingerprint density at radius 2 is 1.95 bits per heavy atom. The van der Waals surface area contributed by atoms with Crippen LogP contribution in [0.3, 0.4) is 0 Å². The van der Waals surface area contributed by atoms with E-state index in [0.29, 0.717) is 23.5 Å². The lowest BCUT2D eigenvalue weighted by Crippen LogP contribution is -2.50. The van der Waals surface area contributed by atoms with Gasteiger partial charge >= 0.3 is 0 Å². The number of hydrogen-bond acceptors (Lipinski definition) is 2. The van der Waals surface area contributed by atoms with Gasteiger partial charge in [-0.3, -0.25) is 9.59 Å². The Labute approximate surface area is 132 Å². The molecule has 3 fully saturated rings. The molecule has 0 aliphatic heterocycles. The maximum Gasteiger partial charge on any atom is 0.178 e. The highest BCUT2D eigenvalue weighted by Gasteiger charge is 2.59. The molecule has 0 spiro atoms. The molecule has 3 saturated carbocycles. The van der Waals surface area contributed by atoms with E-state index in [9.17, 15) is 9.59 Å². The normalized spacial score (nSPS) is 46.9. The van der Waals surface area contributed by atoms with Crippen molar-refractivity contribution in [3.8, 4) is 0 Å².